The zero-order valence-corrected chi connectivity index (χ0v) is 22.0. The van der Waals surface area contributed by atoms with E-state index in [0.717, 1.165) is 4.47 Å². The fraction of sp³-hybridized carbons (Fsp3) is 0.238. The van der Waals surface area contributed by atoms with E-state index in [1.165, 1.54) is 10.9 Å². The summed E-state index contributed by atoms with van der Waals surface area (Å²) in [5.41, 5.74) is 6.15. The minimum atomic E-state index is -0.608. The molecule has 2 N–H and O–H groups in total. The normalized spacial score (nSPS) is 11.3. The molecule has 1 aromatic heterocycles. The van der Waals surface area contributed by atoms with Crippen LogP contribution in [-0.4, -0.2) is 35.0 Å². The molecular formula is C21H19Br3N4O4. The van der Waals surface area contributed by atoms with E-state index in [-0.39, 0.29) is 12.2 Å². The molecule has 0 aliphatic rings. The van der Waals surface area contributed by atoms with Crippen molar-refractivity contribution in [2.75, 3.05) is 13.2 Å². The van der Waals surface area contributed by atoms with Gasteiger partial charge >= 0.3 is 0 Å². The molecule has 8 nitrogen and oxygen atoms in total. The van der Waals surface area contributed by atoms with Gasteiger partial charge in [0.15, 0.2) is 18.1 Å². The van der Waals surface area contributed by atoms with Gasteiger partial charge in [0.2, 0.25) is 0 Å². The summed E-state index contributed by atoms with van der Waals surface area (Å²) in [6.45, 7) is 3.81. The lowest BCUT2D eigenvalue weighted by atomic mass is 10.2. The summed E-state index contributed by atoms with van der Waals surface area (Å²) in [7, 11) is 0. The molecule has 0 aliphatic heterocycles. The van der Waals surface area contributed by atoms with Crippen LogP contribution in [0.4, 0.5) is 0 Å². The van der Waals surface area contributed by atoms with Crippen LogP contribution < -0.4 is 20.8 Å². The van der Waals surface area contributed by atoms with Crippen molar-refractivity contribution in [2.45, 2.75) is 20.3 Å². The number of nitrogens with two attached hydrogens (primary N) is 1. The van der Waals surface area contributed by atoms with E-state index in [2.05, 4.69) is 57.9 Å². The predicted molar refractivity (Wildman–Crippen MR) is 134 cm³/mol. The SMILES string of the molecule is CCOc1cc(C=Nn2c(CC)nc3ccc(Br)cc3c2=O)c(Br)c(Br)c1OCC(N)=O. The number of carbonyl (C=O) groups excluding carboxylic acids is 1. The number of benzene rings is 2. The van der Waals surface area contributed by atoms with E-state index in [0.29, 0.717) is 55.8 Å². The number of carbonyl (C=O) groups is 1. The Bertz CT molecular complexity index is 1270. The van der Waals surface area contributed by atoms with Crippen molar-refractivity contribution in [1.82, 2.24) is 9.66 Å². The zero-order valence-electron chi connectivity index (χ0n) is 17.2. The molecule has 0 atom stereocenters. The van der Waals surface area contributed by atoms with E-state index in [9.17, 15) is 9.59 Å². The Labute approximate surface area is 209 Å². The fourth-order valence-electron chi connectivity index (χ4n) is 2.90. The number of primary amides is 1. The largest absolute Gasteiger partial charge is 0.490 e. The molecular weight excluding hydrogens is 612 g/mol. The second-order valence-electron chi connectivity index (χ2n) is 6.51. The maximum atomic E-state index is 13.1. The molecule has 1 amide bonds. The molecule has 0 spiro atoms. The lowest BCUT2D eigenvalue weighted by molar-refractivity contribution is -0.119. The Morgan fingerprint density at radius 3 is 2.59 bits per heavy atom. The molecule has 1 heterocycles. The summed E-state index contributed by atoms with van der Waals surface area (Å²) >= 11 is 10.4. The van der Waals surface area contributed by atoms with Gasteiger partial charge in [-0.2, -0.15) is 9.78 Å². The van der Waals surface area contributed by atoms with Crippen molar-refractivity contribution in [3.05, 3.63) is 59.4 Å². The van der Waals surface area contributed by atoms with Crippen LogP contribution in [0.15, 0.2) is 47.6 Å². The Morgan fingerprint density at radius 1 is 1.19 bits per heavy atom. The van der Waals surface area contributed by atoms with Crippen LogP contribution >= 0.6 is 47.8 Å². The maximum Gasteiger partial charge on any atom is 0.282 e. The molecule has 0 radical (unpaired) electrons. The number of fused-ring (bicyclic) bond motifs is 1. The van der Waals surface area contributed by atoms with Crippen LogP contribution in [0.25, 0.3) is 10.9 Å². The van der Waals surface area contributed by atoms with E-state index < -0.39 is 5.91 Å². The zero-order chi connectivity index (χ0) is 23.4. The van der Waals surface area contributed by atoms with Crippen LogP contribution in [0.5, 0.6) is 11.5 Å². The van der Waals surface area contributed by atoms with Crippen molar-refractivity contribution in [3.63, 3.8) is 0 Å². The minimum Gasteiger partial charge on any atom is -0.490 e. The summed E-state index contributed by atoms with van der Waals surface area (Å²) < 4.78 is 14.4. The van der Waals surface area contributed by atoms with Gasteiger partial charge in [-0.1, -0.05) is 22.9 Å². The molecule has 0 fully saturated rings. The number of nitrogens with zero attached hydrogens (tertiary/aromatic N) is 3. The molecule has 0 unspecified atom stereocenters. The minimum absolute atomic E-state index is 0.272. The predicted octanol–water partition coefficient (Wildman–Crippen LogP) is 4.39. The summed E-state index contributed by atoms with van der Waals surface area (Å²) in [5.74, 6) is 0.651. The van der Waals surface area contributed by atoms with Crippen molar-refractivity contribution >= 4 is 70.8 Å². The highest BCUT2D eigenvalue weighted by molar-refractivity contribution is 9.13. The summed E-state index contributed by atoms with van der Waals surface area (Å²) in [4.78, 5) is 28.8. The maximum absolute atomic E-state index is 13.1. The van der Waals surface area contributed by atoms with Crippen molar-refractivity contribution in [2.24, 2.45) is 10.8 Å². The van der Waals surface area contributed by atoms with Gasteiger partial charge in [0, 0.05) is 20.9 Å². The van der Waals surface area contributed by atoms with Gasteiger partial charge in [-0.25, -0.2) is 4.98 Å². The van der Waals surface area contributed by atoms with Gasteiger partial charge < -0.3 is 15.2 Å². The molecule has 2 aromatic carbocycles. The first-order valence-electron chi connectivity index (χ1n) is 9.58. The molecule has 11 heteroatoms. The molecule has 0 saturated heterocycles. The van der Waals surface area contributed by atoms with E-state index in [1.807, 2.05) is 19.9 Å². The standard InChI is InChI=1S/C21H19Br3N4O4/c1-3-17-27-14-6-5-12(22)8-13(14)21(30)28(17)26-9-11-7-15(31-4-2)20(19(24)18(11)23)32-10-16(25)29/h5-9H,3-4,10H2,1-2H3,(H2,25,29). The van der Waals surface area contributed by atoms with Crippen LogP contribution in [0.3, 0.4) is 0 Å². The van der Waals surface area contributed by atoms with Gasteiger partial charge in [0.1, 0.15) is 5.82 Å². The lowest BCUT2D eigenvalue weighted by Crippen LogP contribution is -2.22. The molecule has 32 heavy (non-hydrogen) atoms. The third kappa shape index (κ3) is 5.21. The quantitative estimate of drug-likeness (QED) is 0.372. The van der Waals surface area contributed by atoms with Crippen molar-refractivity contribution < 1.29 is 14.3 Å². The van der Waals surface area contributed by atoms with Gasteiger partial charge in [0.25, 0.3) is 11.5 Å². The highest BCUT2D eigenvalue weighted by atomic mass is 79.9. The second-order valence-corrected chi connectivity index (χ2v) is 9.02. The number of hydrogen-bond donors (Lipinski definition) is 1. The Balaban J connectivity index is 2.11. The van der Waals surface area contributed by atoms with Crippen LogP contribution in [0, 0.1) is 0 Å². The monoisotopic (exact) mass is 628 g/mol. The first kappa shape index (κ1) is 24.4. The van der Waals surface area contributed by atoms with Gasteiger partial charge in [-0.05, 0) is 63.0 Å². The van der Waals surface area contributed by atoms with Crippen LogP contribution in [0.2, 0.25) is 0 Å². The average Bonchev–Trinajstić information content (AvgIpc) is 2.76. The lowest BCUT2D eigenvalue weighted by Gasteiger charge is -2.15. The molecule has 0 saturated carbocycles. The van der Waals surface area contributed by atoms with Crippen molar-refractivity contribution in [1.29, 1.82) is 0 Å². The molecule has 168 valence electrons. The number of halogens is 3. The smallest absolute Gasteiger partial charge is 0.282 e. The third-order valence-corrected chi connectivity index (χ3v) is 6.95. The van der Waals surface area contributed by atoms with Gasteiger partial charge in [0.05, 0.1) is 28.2 Å². The topological polar surface area (TPSA) is 109 Å². The number of ether oxygens (including phenoxy) is 2. The number of rotatable bonds is 8. The Morgan fingerprint density at radius 2 is 1.94 bits per heavy atom. The summed E-state index contributed by atoms with van der Waals surface area (Å²) in [5, 5.41) is 4.87. The van der Waals surface area contributed by atoms with E-state index >= 15 is 0 Å². The highest BCUT2D eigenvalue weighted by Gasteiger charge is 2.18. The summed E-state index contributed by atoms with van der Waals surface area (Å²) in [6, 6.07) is 7.05. The van der Waals surface area contributed by atoms with E-state index in [4.69, 9.17) is 15.2 Å². The van der Waals surface area contributed by atoms with E-state index in [1.54, 1.807) is 18.2 Å². The summed E-state index contributed by atoms with van der Waals surface area (Å²) in [6.07, 6.45) is 2.05. The Kier molecular flexibility index (Phi) is 8.07. The fourth-order valence-corrected chi connectivity index (χ4v) is 4.20. The number of amides is 1. The number of hydrogen-bond acceptors (Lipinski definition) is 6. The first-order chi connectivity index (χ1) is 15.3. The molecule has 3 rings (SSSR count). The molecule has 3 aromatic rings. The van der Waals surface area contributed by atoms with Gasteiger partial charge in [-0.3, -0.25) is 9.59 Å². The first-order valence-corrected chi connectivity index (χ1v) is 12.0. The third-order valence-electron chi connectivity index (χ3n) is 4.32. The molecule has 0 bridgehead atoms. The van der Waals surface area contributed by atoms with Crippen LogP contribution in [0.1, 0.15) is 25.2 Å². The molecule has 0 aliphatic carbocycles. The number of aromatic nitrogens is 2. The van der Waals surface area contributed by atoms with Crippen molar-refractivity contribution in [3.8, 4) is 11.5 Å². The van der Waals surface area contributed by atoms with Crippen LogP contribution in [-0.2, 0) is 11.2 Å². The highest BCUT2D eigenvalue weighted by Crippen LogP contribution is 2.42. The number of aryl methyl sites for hydroxylation is 1. The van der Waals surface area contributed by atoms with Gasteiger partial charge in [-0.15, -0.1) is 0 Å². The Hall–Kier alpha value is -2.24. The average molecular weight is 631 g/mol. The second kappa shape index (κ2) is 10.6.